The van der Waals surface area contributed by atoms with Gasteiger partial charge in [0.1, 0.15) is 12.1 Å². The van der Waals surface area contributed by atoms with E-state index < -0.39 is 84.6 Å². The molecule has 176 valence electrons. The monoisotopic (exact) mass is 447 g/mol. The number of aliphatic hydroxyl groups is 1. The fraction of sp³-hybridized carbons (Fsp3) is 0.647. The van der Waals surface area contributed by atoms with Crippen LogP contribution in [-0.4, -0.2) is 81.2 Å². The minimum atomic E-state index is -1.74. The van der Waals surface area contributed by atoms with Crippen molar-refractivity contribution in [2.75, 3.05) is 0 Å². The number of rotatable bonds is 13. The molecule has 0 aliphatic rings. The first-order valence-corrected chi connectivity index (χ1v) is 9.25. The number of amides is 4. The molecule has 0 aliphatic carbocycles. The zero-order chi connectivity index (χ0) is 24.5. The number of nitrogens with one attached hydrogen (secondary N) is 3. The molecule has 0 heterocycles. The fourth-order valence-electron chi connectivity index (χ4n) is 2.39. The standard InChI is InChI=1S/C17H29N5O9/c1-6(2)12(21-14(27)8(18)4-10(19)24)16(29)20-9(5-11(25)26)15(28)22-13(7(3)23)17(30)31/h6-9,12-13,23H,4-5,18H2,1-3H3,(H2,19,24)(H,20,29)(H,21,27)(H,22,28)(H,25,26)(H,30,31). The molecular formula is C17H29N5O9. The summed E-state index contributed by atoms with van der Waals surface area (Å²) in [7, 11) is 0. The van der Waals surface area contributed by atoms with Crippen LogP contribution in [0.1, 0.15) is 33.6 Å². The number of nitrogens with two attached hydrogens (primary N) is 2. The first kappa shape index (κ1) is 27.7. The predicted molar refractivity (Wildman–Crippen MR) is 104 cm³/mol. The third kappa shape index (κ3) is 9.86. The number of primary amides is 1. The molecule has 4 amide bonds. The van der Waals surface area contributed by atoms with E-state index in [1.165, 1.54) is 0 Å². The number of hydrogen-bond donors (Lipinski definition) is 8. The minimum absolute atomic E-state index is 0.474. The molecule has 0 fully saturated rings. The van der Waals surface area contributed by atoms with Crippen molar-refractivity contribution in [1.29, 1.82) is 0 Å². The smallest absolute Gasteiger partial charge is 0.328 e. The van der Waals surface area contributed by atoms with Crippen molar-refractivity contribution in [2.24, 2.45) is 17.4 Å². The zero-order valence-electron chi connectivity index (χ0n) is 17.3. The lowest BCUT2D eigenvalue weighted by Crippen LogP contribution is -2.59. The van der Waals surface area contributed by atoms with E-state index in [1.54, 1.807) is 13.8 Å². The Morgan fingerprint density at radius 1 is 0.806 bits per heavy atom. The van der Waals surface area contributed by atoms with Crippen LogP contribution < -0.4 is 27.4 Å². The van der Waals surface area contributed by atoms with Crippen molar-refractivity contribution in [2.45, 2.75) is 63.9 Å². The second-order valence-electron chi connectivity index (χ2n) is 7.23. The molecule has 14 nitrogen and oxygen atoms in total. The van der Waals surface area contributed by atoms with Crippen molar-refractivity contribution >= 4 is 35.6 Å². The molecule has 0 aromatic rings. The van der Waals surface area contributed by atoms with Gasteiger partial charge in [0.15, 0.2) is 6.04 Å². The predicted octanol–water partition coefficient (Wildman–Crippen LogP) is -3.76. The largest absolute Gasteiger partial charge is 0.481 e. The maximum atomic E-state index is 12.6. The van der Waals surface area contributed by atoms with Crippen molar-refractivity contribution in [3.05, 3.63) is 0 Å². The van der Waals surface area contributed by atoms with Crippen LogP contribution in [0.2, 0.25) is 0 Å². The van der Waals surface area contributed by atoms with E-state index in [0.717, 1.165) is 6.92 Å². The van der Waals surface area contributed by atoms with Gasteiger partial charge in [-0.1, -0.05) is 13.8 Å². The van der Waals surface area contributed by atoms with E-state index in [-0.39, 0.29) is 0 Å². The summed E-state index contributed by atoms with van der Waals surface area (Å²) in [6.07, 6.45) is -2.88. The van der Waals surface area contributed by atoms with Gasteiger partial charge >= 0.3 is 11.9 Å². The van der Waals surface area contributed by atoms with Crippen LogP contribution in [0.5, 0.6) is 0 Å². The number of aliphatic hydroxyl groups excluding tert-OH is 1. The molecule has 10 N–H and O–H groups in total. The average molecular weight is 447 g/mol. The van der Waals surface area contributed by atoms with Gasteiger partial charge in [0.2, 0.25) is 23.6 Å². The lowest BCUT2D eigenvalue weighted by atomic mass is 10.0. The SMILES string of the molecule is CC(C)C(NC(=O)C(N)CC(N)=O)C(=O)NC(CC(=O)O)C(=O)NC(C(=O)O)C(C)O. The average Bonchev–Trinajstić information content (AvgIpc) is 2.60. The Morgan fingerprint density at radius 3 is 1.71 bits per heavy atom. The normalized spacial score (nSPS) is 15.7. The van der Waals surface area contributed by atoms with Crippen LogP contribution in [0, 0.1) is 5.92 Å². The highest BCUT2D eigenvalue weighted by molar-refractivity contribution is 5.96. The molecule has 0 saturated carbocycles. The molecule has 0 rings (SSSR count). The molecule has 0 aromatic heterocycles. The van der Waals surface area contributed by atoms with E-state index >= 15 is 0 Å². The molecule has 0 radical (unpaired) electrons. The molecular weight excluding hydrogens is 418 g/mol. The molecule has 14 heteroatoms. The molecule has 31 heavy (non-hydrogen) atoms. The van der Waals surface area contributed by atoms with Crippen LogP contribution >= 0.6 is 0 Å². The topological polar surface area (TPSA) is 251 Å². The molecule has 0 spiro atoms. The Balaban J connectivity index is 5.46. The number of carbonyl (C=O) groups excluding carboxylic acids is 4. The zero-order valence-corrected chi connectivity index (χ0v) is 17.3. The third-order valence-corrected chi connectivity index (χ3v) is 4.06. The molecule has 5 atom stereocenters. The van der Waals surface area contributed by atoms with Crippen LogP contribution in [0.3, 0.4) is 0 Å². The second kappa shape index (κ2) is 12.4. The van der Waals surface area contributed by atoms with Gasteiger partial charge in [0.25, 0.3) is 0 Å². The summed E-state index contributed by atoms with van der Waals surface area (Å²) in [6, 6.07) is -6.04. The fourth-order valence-corrected chi connectivity index (χ4v) is 2.39. The summed E-state index contributed by atoms with van der Waals surface area (Å²) in [4.78, 5) is 70.2. The van der Waals surface area contributed by atoms with E-state index in [4.69, 9.17) is 21.7 Å². The van der Waals surface area contributed by atoms with Crippen molar-refractivity contribution in [3.8, 4) is 0 Å². The maximum Gasteiger partial charge on any atom is 0.328 e. The number of carboxylic acids is 2. The third-order valence-electron chi connectivity index (χ3n) is 4.06. The molecule has 0 aliphatic heterocycles. The van der Waals surface area contributed by atoms with E-state index in [1.807, 2.05) is 5.32 Å². The summed E-state index contributed by atoms with van der Waals surface area (Å²) < 4.78 is 0. The van der Waals surface area contributed by atoms with Gasteiger partial charge in [-0.05, 0) is 12.8 Å². The Hall–Kier alpha value is -3.26. The number of carbonyl (C=O) groups is 6. The summed E-state index contributed by atoms with van der Waals surface area (Å²) in [5.74, 6) is -7.40. The van der Waals surface area contributed by atoms with Gasteiger partial charge in [0.05, 0.1) is 25.0 Å². The first-order chi connectivity index (χ1) is 14.2. The van der Waals surface area contributed by atoms with Crippen LogP contribution in [0.4, 0.5) is 0 Å². The lowest BCUT2D eigenvalue weighted by molar-refractivity contribution is -0.146. The summed E-state index contributed by atoms with van der Waals surface area (Å²) in [5.41, 5.74) is 10.5. The maximum absolute atomic E-state index is 12.6. The van der Waals surface area contributed by atoms with E-state index in [9.17, 15) is 33.9 Å². The van der Waals surface area contributed by atoms with Gasteiger partial charge in [0, 0.05) is 0 Å². The van der Waals surface area contributed by atoms with Gasteiger partial charge in [-0.25, -0.2) is 4.79 Å². The molecule has 5 unspecified atom stereocenters. The van der Waals surface area contributed by atoms with Gasteiger partial charge in [-0.3, -0.25) is 24.0 Å². The number of hydrogen-bond acceptors (Lipinski definition) is 8. The van der Waals surface area contributed by atoms with Crippen LogP contribution in [-0.2, 0) is 28.8 Å². The second-order valence-corrected chi connectivity index (χ2v) is 7.23. The molecule has 0 bridgehead atoms. The Kier molecular flexibility index (Phi) is 11.1. The quantitative estimate of drug-likeness (QED) is 0.137. The highest BCUT2D eigenvalue weighted by Crippen LogP contribution is 2.06. The number of carboxylic acid groups (broad SMARTS) is 2. The van der Waals surface area contributed by atoms with Crippen LogP contribution in [0.15, 0.2) is 0 Å². The van der Waals surface area contributed by atoms with Crippen molar-refractivity contribution < 1.29 is 44.1 Å². The summed E-state index contributed by atoms with van der Waals surface area (Å²) in [6.45, 7) is 4.19. The van der Waals surface area contributed by atoms with Crippen molar-refractivity contribution in [1.82, 2.24) is 16.0 Å². The minimum Gasteiger partial charge on any atom is -0.481 e. The Labute approximate surface area is 177 Å². The van der Waals surface area contributed by atoms with Crippen LogP contribution in [0.25, 0.3) is 0 Å². The first-order valence-electron chi connectivity index (χ1n) is 9.25. The summed E-state index contributed by atoms with van der Waals surface area (Å²) >= 11 is 0. The molecule has 0 aromatic carbocycles. The van der Waals surface area contributed by atoms with E-state index in [0.29, 0.717) is 0 Å². The van der Waals surface area contributed by atoms with E-state index in [2.05, 4.69) is 10.6 Å². The lowest BCUT2D eigenvalue weighted by Gasteiger charge is -2.26. The summed E-state index contributed by atoms with van der Waals surface area (Å²) in [5, 5.41) is 33.9. The van der Waals surface area contributed by atoms with Gasteiger partial charge in [-0.15, -0.1) is 0 Å². The Morgan fingerprint density at radius 2 is 1.32 bits per heavy atom. The highest BCUT2D eigenvalue weighted by atomic mass is 16.4. The van der Waals surface area contributed by atoms with Gasteiger partial charge in [-0.2, -0.15) is 0 Å². The number of aliphatic carboxylic acids is 2. The molecule has 0 saturated heterocycles. The van der Waals surface area contributed by atoms with Gasteiger partial charge < -0.3 is 42.7 Å². The Bertz CT molecular complexity index is 710. The highest BCUT2D eigenvalue weighted by Gasteiger charge is 2.34. The van der Waals surface area contributed by atoms with Crippen molar-refractivity contribution in [3.63, 3.8) is 0 Å².